The van der Waals surface area contributed by atoms with Gasteiger partial charge in [-0.05, 0) is 63.6 Å². The molecule has 0 radical (unpaired) electrons. The predicted octanol–water partition coefficient (Wildman–Crippen LogP) is 10.2. The van der Waals surface area contributed by atoms with E-state index in [0.717, 1.165) is 24.6 Å². The third kappa shape index (κ3) is 13.6. The molecule has 0 unspecified atom stereocenters. The summed E-state index contributed by atoms with van der Waals surface area (Å²) in [5.41, 5.74) is 7.44. The van der Waals surface area contributed by atoms with E-state index >= 15 is 0 Å². The minimum atomic E-state index is -1.62. The van der Waals surface area contributed by atoms with Crippen LogP contribution in [-0.2, 0) is 21.5 Å². The van der Waals surface area contributed by atoms with Crippen LogP contribution >= 0.6 is 38.2 Å². The van der Waals surface area contributed by atoms with Crippen molar-refractivity contribution in [1.29, 1.82) is 0 Å². The number of halogens is 3. The average molecular weight is 627 g/mol. The van der Waals surface area contributed by atoms with Crippen molar-refractivity contribution in [3.63, 3.8) is 0 Å². The monoisotopic (exact) mass is 625 g/mol. The quantitative estimate of drug-likeness (QED) is 0.155. The molecule has 2 aromatic carbocycles. The van der Waals surface area contributed by atoms with Crippen LogP contribution in [0.5, 0.6) is 0 Å². The van der Waals surface area contributed by atoms with Gasteiger partial charge in [0, 0.05) is 12.2 Å². The number of nitrogens with one attached hydrogen (secondary N) is 1. The molecule has 208 valence electrons. The molecule has 0 aromatic heterocycles. The molecule has 3 nitrogen and oxygen atoms in total. The Morgan fingerprint density at radius 3 is 1.84 bits per heavy atom. The third-order valence-electron chi connectivity index (χ3n) is 5.90. The summed E-state index contributed by atoms with van der Waals surface area (Å²) >= 11 is -1.62. The van der Waals surface area contributed by atoms with Crippen LogP contribution in [0.25, 0.3) is 0 Å². The van der Waals surface area contributed by atoms with E-state index in [1.165, 1.54) is 28.7 Å². The van der Waals surface area contributed by atoms with Gasteiger partial charge in [0.15, 0.2) is 5.84 Å². The van der Waals surface area contributed by atoms with Gasteiger partial charge in [0.25, 0.3) is 0 Å². The molecule has 3 rings (SSSR count). The Balaban J connectivity index is 0.000000642. The molecule has 1 saturated heterocycles. The molecule has 0 aliphatic carbocycles. The maximum atomic E-state index is 5.16. The number of nitrogens with zero attached hydrogens (tertiary/aromatic N) is 1. The van der Waals surface area contributed by atoms with Gasteiger partial charge in [-0.1, -0.05) is 69.7 Å². The Hall–Kier alpha value is -0.298. The van der Waals surface area contributed by atoms with Crippen LogP contribution in [0.15, 0.2) is 47.5 Å². The molecular weight excluding hydrogens is 582 g/mol. The first-order valence-electron chi connectivity index (χ1n) is 12.8. The molecule has 0 spiro atoms. The van der Waals surface area contributed by atoms with Crippen LogP contribution in [-0.4, -0.2) is 23.8 Å². The zero-order chi connectivity index (χ0) is 28.2. The van der Waals surface area contributed by atoms with Gasteiger partial charge < -0.3 is 4.74 Å². The van der Waals surface area contributed by atoms with Crippen molar-refractivity contribution in [2.75, 3.05) is 6.61 Å². The molecule has 1 aliphatic rings. The van der Waals surface area contributed by atoms with Crippen LogP contribution in [0.2, 0.25) is 0 Å². The van der Waals surface area contributed by atoms with Gasteiger partial charge in [0.1, 0.15) is 0 Å². The molecule has 0 amide bonds. The van der Waals surface area contributed by atoms with Crippen molar-refractivity contribution in [1.82, 2.24) is 5.09 Å². The van der Waals surface area contributed by atoms with Gasteiger partial charge in [-0.2, -0.15) is 6.42 Å². The Labute approximate surface area is 244 Å². The van der Waals surface area contributed by atoms with Gasteiger partial charge in [-0.15, -0.1) is 0 Å². The van der Waals surface area contributed by atoms with Crippen molar-refractivity contribution in [2.24, 2.45) is 4.99 Å². The van der Waals surface area contributed by atoms with Gasteiger partial charge in [0.05, 0.1) is 25.1 Å². The van der Waals surface area contributed by atoms with E-state index < -0.39 is 19.5 Å². The molecule has 1 heterocycles. The Kier molecular flexibility index (Phi) is 16.3. The van der Waals surface area contributed by atoms with Crippen LogP contribution in [0.1, 0.15) is 83.6 Å². The number of rotatable bonds is 5. The fourth-order valence-electron chi connectivity index (χ4n) is 3.90. The molecule has 1 aliphatic heterocycles. The standard InChI is InChI=1S/C25H37N2P.C4H7O.3ClH.Cr/c1-17(2)28(18(3)4)27-24(26-23-19(5)11-10-12-20(23)6)21-13-15-22(16-14-21)25(7,8)9;1-2-4-5-3-1;;;;/h10-18H,1-9H3,(H,26,27);3H,1-2,4H2;3*1H;/q;-1;;;;+4/p-2. The zero-order valence-corrected chi connectivity index (χ0v) is 28.3. The second-order valence-electron chi connectivity index (χ2n) is 10.8. The Morgan fingerprint density at radius 2 is 1.49 bits per heavy atom. The summed E-state index contributed by atoms with van der Waals surface area (Å²) in [6.45, 7) is 23.1. The summed E-state index contributed by atoms with van der Waals surface area (Å²) in [5.74, 6) is 1.01. The molecule has 0 atom stereocenters. The first-order chi connectivity index (χ1) is 17.2. The van der Waals surface area contributed by atoms with Crippen LogP contribution in [0.3, 0.4) is 0 Å². The molecule has 8 heteroatoms. The van der Waals surface area contributed by atoms with E-state index in [1.54, 1.807) is 0 Å². The molecule has 0 bridgehead atoms. The van der Waals surface area contributed by atoms with E-state index in [-0.39, 0.29) is 5.41 Å². The summed E-state index contributed by atoms with van der Waals surface area (Å²) in [6.07, 6.45) is 2.38. The third-order valence-corrected chi connectivity index (χ3v) is 8.91. The van der Waals surface area contributed by atoms with Crippen molar-refractivity contribution >= 4 is 49.7 Å². The first kappa shape index (κ1) is 34.7. The van der Waals surface area contributed by atoms with Crippen LogP contribution in [0, 0.1) is 20.5 Å². The van der Waals surface area contributed by atoms with Crippen LogP contribution in [0.4, 0.5) is 5.69 Å². The normalized spacial score (nSPS) is 14.0. The Bertz CT molecular complexity index is 918. The van der Waals surface area contributed by atoms with E-state index in [2.05, 4.69) is 110 Å². The first-order valence-corrected chi connectivity index (χ1v) is 19.7. The molecular formula is C29H45Cl3CrN2OP+. The molecule has 1 fully saturated rings. The molecule has 1 N–H and O–H groups in total. The van der Waals surface area contributed by atoms with Gasteiger partial charge in [-0.3, -0.25) is 0 Å². The van der Waals surface area contributed by atoms with E-state index in [4.69, 9.17) is 39.9 Å². The van der Waals surface area contributed by atoms with Crippen molar-refractivity contribution in [3.8, 4) is 0 Å². The van der Waals surface area contributed by atoms with Crippen LogP contribution < -0.4 is 5.09 Å². The average Bonchev–Trinajstić information content (AvgIpc) is 3.37. The number of ether oxygens (including phenoxy) is 1. The summed E-state index contributed by atoms with van der Waals surface area (Å²) in [6, 6.07) is 15.3. The fourth-order valence-corrected chi connectivity index (χ4v) is 6.28. The number of hydrogen-bond acceptors (Lipinski definition) is 2. The molecule has 0 saturated carbocycles. The number of amidine groups is 1. The number of aliphatic imine (C=N–C) groups is 1. The number of hydrogen-bond donors (Lipinski definition) is 1. The second-order valence-corrected chi connectivity index (χ2v) is 20.6. The van der Waals surface area contributed by atoms with E-state index in [1.807, 2.05) is 6.61 Å². The fraction of sp³-hybridized carbons (Fsp3) is 0.517. The Morgan fingerprint density at radius 1 is 0.973 bits per heavy atom. The van der Waals surface area contributed by atoms with Gasteiger partial charge in [-0.25, -0.2) is 16.7 Å². The summed E-state index contributed by atoms with van der Waals surface area (Å²) in [4.78, 5) is 5.16. The number of benzene rings is 2. The van der Waals surface area contributed by atoms with Crippen molar-refractivity contribution in [3.05, 3.63) is 71.3 Å². The van der Waals surface area contributed by atoms with Crippen molar-refractivity contribution < 1.29 is 16.1 Å². The van der Waals surface area contributed by atoms with Crippen molar-refractivity contribution in [2.45, 2.75) is 91.9 Å². The summed E-state index contributed by atoms with van der Waals surface area (Å²) in [7, 11) is 14.0. The molecule has 2 aromatic rings. The zero-order valence-electron chi connectivity index (χ0n) is 23.8. The number of aryl methyl sites for hydroxylation is 2. The minimum absolute atomic E-state index is 0.153. The van der Waals surface area contributed by atoms with Gasteiger partial charge in [0.2, 0.25) is 0 Å². The second kappa shape index (κ2) is 17.4. The SMILES string of the molecule is Cc1cccc(C)c1N=C(N[PH+](C(C)C)C(C)C)c1ccc(C(C)(C)C)cc1.[CH-]1CCCO1.[Cl][Cr+]([Cl])[Cl]. The molecule has 37 heavy (non-hydrogen) atoms. The number of para-hydroxylation sites is 1. The summed E-state index contributed by atoms with van der Waals surface area (Å²) in [5, 5.41) is 3.88. The topological polar surface area (TPSA) is 33.6 Å². The predicted molar refractivity (Wildman–Crippen MR) is 166 cm³/mol. The van der Waals surface area contributed by atoms with E-state index in [0.29, 0.717) is 11.3 Å². The summed E-state index contributed by atoms with van der Waals surface area (Å²) < 4.78 is 4.82. The van der Waals surface area contributed by atoms with E-state index in [9.17, 15) is 0 Å². The van der Waals surface area contributed by atoms with Gasteiger partial charge >= 0.3 is 41.5 Å². The maximum absolute atomic E-state index is 5.16.